The molecule has 0 saturated carbocycles. The summed E-state index contributed by atoms with van der Waals surface area (Å²) in [6, 6.07) is 6.86. The van der Waals surface area contributed by atoms with E-state index in [0.717, 1.165) is 19.8 Å². The highest BCUT2D eigenvalue weighted by atomic mass is 16.6. The molecule has 9 nitrogen and oxygen atoms in total. The maximum Gasteiger partial charge on any atom is 0.348 e. The summed E-state index contributed by atoms with van der Waals surface area (Å²) in [5, 5.41) is 9.37. The second kappa shape index (κ2) is 10.4. The van der Waals surface area contributed by atoms with E-state index >= 15 is 0 Å². The lowest BCUT2D eigenvalue weighted by molar-refractivity contribution is -0.177. The molecule has 1 saturated heterocycles. The number of anilines is 1. The van der Waals surface area contributed by atoms with Crippen LogP contribution in [0.1, 0.15) is 46.1 Å². The predicted octanol–water partition coefficient (Wildman–Crippen LogP) is 2.06. The van der Waals surface area contributed by atoms with Crippen LogP contribution in [0.5, 0.6) is 0 Å². The van der Waals surface area contributed by atoms with Crippen LogP contribution in [0.25, 0.3) is 0 Å². The van der Waals surface area contributed by atoms with Gasteiger partial charge in [-0.25, -0.2) is 4.79 Å². The summed E-state index contributed by atoms with van der Waals surface area (Å²) in [4.78, 5) is 49.7. The van der Waals surface area contributed by atoms with Crippen LogP contribution in [0, 0.1) is 0 Å². The number of rotatable bonds is 9. The molecule has 9 heteroatoms. The molecule has 1 aromatic rings. The molecule has 2 rings (SSSR count). The summed E-state index contributed by atoms with van der Waals surface area (Å²) in [6.07, 6.45) is -1.53. The minimum absolute atomic E-state index is 0.0636. The third kappa shape index (κ3) is 5.81. The van der Waals surface area contributed by atoms with Gasteiger partial charge in [0, 0.05) is 19.2 Å². The number of aliphatic carboxylic acids is 1. The Labute approximate surface area is 181 Å². The van der Waals surface area contributed by atoms with Gasteiger partial charge in [-0.05, 0) is 38.0 Å². The Morgan fingerprint density at radius 3 is 2.65 bits per heavy atom. The van der Waals surface area contributed by atoms with Crippen molar-refractivity contribution in [3.05, 3.63) is 29.8 Å². The first-order valence-electron chi connectivity index (χ1n) is 10.2. The van der Waals surface area contributed by atoms with Crippen molar-refractivity contribution in [2.45, 2.75) is 58.2 Å². The minimum atomic E-state index is -1.75. The Morgan fingerprint density at radius 2 is 2.03 bits per heavy atom. The van der Waals surface area contributed by atoms with Gasteiger partial charge in [-0.1, -0.05) is 25.5 Å². The van der Waals surface area contributed by atoms with Crippen LogP contribution in [-0.4, -0.2) is 60.9 Å². The fourth-order valence-electron chi connectivity index (χ4n) is 3.17. The number of amides is 1. The van der Waals surface area contributed by atoms with Crippen molar-refractivity contribution in [1.82, 2.24) is 0 Å². The van der Waals surface area contributed by atoms with Crippen molar-refractivity contribution in [3.8, 4) is 0 Å². The maximum absolute atomic E-state index is 13.0. The van der Waals surface area contributed by atoms with Gasteiger partial charge in [0.05, 0.1) is 18.6 Å². The van der Waals surface area contributed by atoms with Crippen molar-refractivity contribution < 1.29 is 38.5 Å². The van der Waals surface area contributed by atoms with E-state index in [1.807, 2.05) is 6.92 Å². The molecule has 0 bridgehead atoms. The highest BCUT2D eigenvalue weighted by Gasteiger charge is 2.43. The molecule has 1 heterocycles. The Balaban J connectivity index is 2.26. The average molecular weight is 435 g/mol. The first kappa shape index (κ1) is 24.3. The summed E-state index contributed by atoms with van der Waals surface area (Å²) in [7, 11) is 0. The van der Waals surface area contributed by atoms with Crippen LogP contribution < -0.4 is 4.90 Å². The molecule has 1 N–H and O–H groups in total. The van der Waals surface area contributed by atoms with Gasteiger partial charge in [0.25, 0.3) is 5.91 Å². The maximum atomic E-state index is 13.0. The molecule has 0 spiro atoms. The standard InChI is InChI=1S/C22H29NO8/c1-5-6-11-30-21(28)22(3,4)15-8-7-9-16(13-15)23-10-12-29-17(19(23)25)18(20(26)27)31-14(2)24/h7-9,13,17-18H,5-6,10-12H2,1-4H3,(H,26,27)/t17-,18-/m1/s1. The van der Waals surface area contributed by atoms with E-state index in [2.05, 4.69) is 0 Å². The second-order valence-corrected chi connectivity index (χ2v) is 7.81. The number of ether oxygens (including phenoxy) is 3. The van der Waals surface area contributed by atoms with Gasteiger partial charge in [0.2, 0.25) is 6.10 Å². The van der Waals surface area contributed by atoms with Crippen LogP contribution in [0.3, 0.4) is 0 Å². The first-order chi connectivity index (χ1) is 14.6. The molecule has 31 heavy (non-hydrogen) atoms. The van der Waals surface area contributed by atoms with E-state index in [9.17, 15) is 24.3 Å². The number of carbonyl (C=O) groups excluding carboxylic acids is 3. The smallest absolute Gasteiger partial charge is 0.348 e. The molecular formula is C22H29NO8. The zero-order valence-electron chi connectivity index (χ0n) is 18.3. The van der Waals surface area contributed by atoms with Crippen molar-refractivity contribution in [3.63, 3.8) is 0 Å². The van der Waals surface area contributed by atoms with Gasteiger partial charge in [-0.15, -0.1) is 0 Å². The number of hydrogen-bond donors (Lipinski definition) is 1. The number of benzene rings is 1. The molecular weight excluding hydrogens is 406 g/mol. The number of nitrogens with zero attached hydrogens (tertiary/aromatic N) is 1. The molecule has 1 aromatic carbocycles. The Morgan fingerprint density at radius 1 is 1.32 bits per heavy atom. The number of carboxylic acid groups (broad SMARTS) is 1. The second-order valence-electron chi connectivity index (χ2n) is 7.81. The quantitative estimate of drug-likeness (QED) is 0.462. The molecule has 0 aliphatic carbocycles. The lowest BCUT2D eigenvalue weighted by atomic mass is 9.84. The number of esters is 2. The summed E-state index contributed by atoms with van der Waals surface area (Å²) in [6.45, 7) is 7.14. The highest BCUT2D eigenvalue weighted by molar-refractivity contribution is 6.00. The van der Waals surface area contributed by atoms with E-state index in [4.69, 9.17) is 14.2 Å². The normalized spacial score (nSPS) is 17.7. The van der Waals surface area contributed by atoms with Gasteiger partial charge in [-0.3, -0.25) is 14.4 Å². The monoisotopic (exact) mass is 435 g/mol. The molecule has 1 aliphatic rings. The summed E-state index contributed by atoms with van der Waals surface area (Å²) in [5.74, 6) is -3.31. The van der Waals surface area contributed by atoms with Crippen LogP contribution >= 0.6 is 0 Å². The molecule has 0 unspecified atom stereocenters. The van der Waals surface area contributed by atoms with Gasteiger partial charge in [0.15, 0.2) is 6.10 Å². The molecule has 1 amide bonds. The lowest BCUT2D eigenvalue weighted by Gasteiger charge is -2.35. The summed E-state index contributed by atoms with van der Waals surface area (Å²) >= 11 is 0. The summed E-state index contributed by atoms with van der Waals surface area (Å²) in [5.41, 5.74) is 0.189. The van der Waals surface area contributed by atoms with E-state index in [1.165, 1.54) is 4.90 Å². The fraction of sp³-hybridized carbons (Fsp3) is 0.545. The molecule has 170 valence electrons. The number of hydrogen-bond acceptors (Lipinski definition) is 7. The Kier molecular flexibility index (Phi) is 8.15. The molecule has 0 aromatic heterocycles. The predicted molar refractivity (Wildman–Crippen MR) is 111 cm³/mol. The number of carbonyl (C=O) groups is 4. The third-order valence-electron chi connectivity index (χ3n) is 5.05. The molecule has 1 fully saturated rings. The summed E-state index contributed by atoms with van der Waals surface area (Å²) < 4.78 is 15.5. The first-order valence-corrected chi connectivity index (χ1v) is 10.2. The molecule has 2 atom stereocenters. The van der Waals surface area contributed by atoms with E-state index in [1.54, 1.807) is 38.1 Å². The zero-order valence-corrected chi connectivity index (χ0v) is 18.3. The van der Waals surface area contributed by atoms with Crippen LogP contribution in [0.4, 0.5) is 5.69 Å². The van der Waals surface area contributed by atoms with Crippen molar-refractivity contribution in [2.24, 2.45) is 0 Å². The topological polar surface area (TPSA) is 119 Å². The Bertz CT molecular complexity index is 835. The zero-order chi connectivity index (χ0) is 23.2. The van der Waals surface area contributed by atoms with Crippen LogP contribution in [0.15, 0.2) is 24.3 Å². The number of carboxylic acids is 1. The lowest BCUT2D eigenvalue weighted by Crippen LogP contribution is -2.55. The van der Waals surface area contributed by atoms with E-state index in [0.29, 0.717) is 17.9 Å². The average Bonchev–Trinajstić information content (AvgIpc) is 2.72. The van der Waals surface area contributed by atoms with E-state index < -0.39 is 35.5 Å². The number of morpholine rings is 1. The van der Waals surface area contributed by atoms with Crippen LogP contribution in [0.2, 0.25) is 0 Å². The van der Waals surface area contributed by atoms with Gasteiger partial charge in [0.1, 0.15) is 0 Å². The largest absolute Gasteiger partial charge is 0.478 e. The van der Waals surface area contributed by atoms with Crippen molar-refractivity contribution in [1.29, 1.82) is 0 Å². The van der Waals surface area contributed by atoms with Gasteiger partial charge >= 0.3 is 17.9 Å². The third-order valence-corrected chi connectivity index (χ3v) is 5.05. The number of unbranched alkanes of at least 4 members (excludes halogenated alkanes) is 1. The van der Waals surface area contributed by atoms with E-state index in [-0.39, 0.29) is 19.1 Å². The molecule has 1 aliphatic heterocycles. The van der Waals surface area contributed by atoms with Gasteiger partial charge < -0.3 is 24.2 Å². The SMILES string of the molecule is CCCCOC(=O)C(C)(C)c1cccc(N2CCO[C@H]([C@@H](OC(C)=O)C(=O)O)C2=O)c1. The minimum Gasteiger partial charge on any atom is -0.478 e. The van der Waals surface area contributed by atoms with Crippen molar-refractivity contribution in [2.75, 3.05) is 24.7 Å². The van der Waals surface area contributed by atoms with Gasteiger partial charge in [-0.2, -0.15) is 0 Å². The fourth-order valence-corrected chi connectivity index (χ4v) is 3.17. The van der Waals surface area contributed by atoms with Crippen LogP contribution in [-0.2, 0) is 38.8 Å². The Hall–Kier alpha value is -2.94. The van der Waals surface area contributed by atoms with Crippen molar-refractivity contribution >= 4 is 29.5 Å². The molecule has 0 radical (unpaired) electrons. The highest BCUT2D eigenvalue weighted by Crippen LogP contribution is 2.30.